The summed E-state index contributed by atoms with van der Waals surface area (Å²) in [6.07, 6.45) is 2.91. The van der Waals surface area contributed by atoms with Gasteiger partial charge in [0.2, 0.25) is 0 Å². The largest absolute Gasteiger partial charge is 0.494 e. The van der Waals surface area contributed by atoms with Gasteiger partial charge in [0, 0.05) is 13.4 Å². The van der Waals surface area contributed by atoms with Gasteiger partial charge in [0.1, 0.15) is 4.88 Å². The fourth-order valence-corrected chi connectivity index (χ4v) is 3.92. The summed E-state index contributed by atoms with van der Waals surface area (Å²) >= 11 is 1.45. The Kier molecular flexibility index (Phi) is 8.35. The molecule has 0 atom stereocenters. The molecule has 0 radical (unpaired) electrons. The molecule has 1 aliphatic heterocycles. The zero-order valence-corrected chi connectivity index (χ0v) is 22.2. The van der Waals surface area contributed by atoms with Gasteiger partial charge in [-0.15, -0.1) is 11.3 Å². The molecule has 0 unspecified atom stereocenters. The topological polar surface area (TPSA) is 60.5 Å². The maximum absolute atomic E-state index is 12.5. The highest BCUT2D eigenvalue weighted by atomic mass is 32.1. The molecule has 0 saturated carbocycles. The van der Waals surface area contributed by atoms with Crippen LogP contribution in [0.5, 0.6) is 0 Å². The molecular weight excluding hydrogens is 419 g/mol. The monoisotopic (exact) mass is 460 g/mol. The Bertz CT molecular complexity index is 922. The van der Waals surface area contributed by atoms with Crippen molar-refractivity contribution in [3.8, 4) is 0 Å². The molecule has 1 aromatic heterocycles. The van der Waals surface area contributed by atoms with E-state index in [2.05, 4.69) is 51.0 Å². The minimum Gasteiger partial charge on any atom is -0.399 e. The third-order valence-corrected chi connectivity index (χ3v) is 7.12. The summed E-state index contributed by atoms with van der Waals surface area (Å²) in [5, 5.41) is 3.97. The van der Waals surface area contributed by atoms with Gasteiger partial charge in [-0.3, -0.25) is 4.79 Å². The van der Waals surface area contributed by atoms with Crippen molar-refractivity contribution in [1.82, 2.24) is 10.3 Å². The van der Waals surface area contributed by atoms with Crippen LogP contribution >= 0.6 is 11.3 Å². The van der Waals surface area contributed by atoms with Gasteiger partial charge in [-0.1, -0.05) is 59.2 Å². The summed E-state index contributed by atoms with van der Waals surface area (Å²) < 4.78 is 12.3. The second-order valence-electron chi connectivity index (χ2n) is 10.4. The zero-order chi connectivity index (χ0) is 24.3. The van der Waals surface area contributed by atoms with E-state index in [9.17, 15) is 4.79 Å². The first kappa shape index (κ1) is 26.6. The molecular formula is C25H41BN2O3S. The molecule has 3 rings (SSSR count). The van der Waals surface area contributed by atoms with E-state index < -0.39 is 0 Å². The van der Waals surface area contributed by atoms with Gasteiger partial charge < -0.3 is 14.6 Å². The number of amides is 1. The Morgan fingerprint density at radius 2 is 1.72 bits per heavy atom. The minimum absolute atomic E-state index is 0. The van der Waals surface area contributed by atoms with Crippen molar-refractivity contribution in [2.75, 3.05) is 0 Å². The second kappa shape index (κ2) is 10.1. The molecule has 1 fully saturated rings. The third-order valence-electron chi connectivity index (χ3n) is 5.70. The summed E-state index contributed by atoms with van der Waals surface area (Å²) in [5.41, 5.74) is 2.38. The number of carbonyl (C=O) groups is 1. The molecule has 2 aromatic rings. The molecule has 178 valence electrons. The van der Waals surface area contributed by atoms with Crippen molar-refractivity contribution in [2.45, 2.75) is 98.8 Å². The summed E-state index contributed by atoms with van der Waals surface area (Å²) in [5.74, 6) is -0.0903. The van der Waals surface area contributed by atoms with Gasteiger partial charge in [0.15, 0.2) is 0 Å². The van der Waals surface area contributed by atoms with Crippen molar-refractivity contribution in [1.29, 1.82) is 0 Å². The van der Waals surface area contributed by atoms with Crippen LogP contribution in [0.25, 0.3) is 0 Å². The van der Waals surface area contributed by atoms with Crippen LogP contribution in [0, 0.1) is 6.92 Å². The third kappa shape index (κ3) is 6.21. The molecule has 0 bridgehead atoms. The van der Waals surface area contributed by atoms with Crippen molar-refractivity contribution in [3.05, 3.63) is 45.4 Å². The van der Waals surface area contributed by atoms with Crippen molar-refractivity contribution in [3.63, 3.8) is 0 Å². The Morgan fingerprint density at radius 3 is 2.19 bits per heavy atom. The van der Waals surface area contributed by atoms with Crippen LogP contribution in [0.2, 0.25) is 0 Å². The summed E-state index contributed by atoms with van der Waals surface area (Å²) in [4.78, 5) is 17.5. The lowest BCUT2D eigenvalue weighted by Crippen LogP contribution is -2.41. The van der Waals surface area contributed by atoms with Crippen LogP contribution in [0.15, 0.2) is 24.4 Å². The molecule has 2 heterocycles. The van der Waals surface area contributed by atoms with Crippen LogP contribution in [0.3, 0.4) is 0 Å². The fourth-order valence-electron chi connectivity index (χ4n) is 3.03. The van der Waals surface area contributed by atoms with Gasteiger partial charge in [-0.25, -0.2) is 4.98 Å². The Balaban J connectivity index is 0.00000129. The number of hydrogen-bond donors (Lipinski definition) is 1. The molecule has 1 aromatic carbocycles. The van der Waals surface area contributed by atoms with E-state index in [0.717, 1.165) is 21.6 Å². The van der Waals surface area contributed by atoms with Crippen LogP contribution in [0.1, 0.15) is 96.0 Å². The van der Waals surface area contributed by atoms with Crippen LogP contribution in [-0.4, -0.2) is 29.2 Å². The number of hydrogen-bond acceptors (Lipinski definition) is 5. The number of benzene rings is 1. The average Bonchev–Trinajstić information content (AvgIpc) is 3.24. The highest BCUT2D eigenvalue weighted by molar-refractivity contribution is 7.13. The lowest BCUT2D eigenvalue weighted by molar-refractivity contribution is 0.00578. The number of aromatic nitrogens is 1. The molecule has 1 saturated heterocycles. The summed E-state index contributed by atoms with van der Waals surface area (Å²) in [6.45, 7) is 21.2. The minimum atomic E-state index is -0.379. The van der Waals surface area contributed by atoms with Crippen LogP contribution < -0.4 is 10.8 Å². The first-order valence-electron chi connectivity index (χ1n) is 11.4. The van der Waals surface area contributed by atoms with E-state index >= 15 is 0 Å². The van der Waals surface area contributed by atoms with Crippen LogP contribution in [-0.2, 0) is 21.3 Å². The lowest BCUT2D eigenvalue weighted by Gasteiger charge is -2.32. The first-order valence-corrected chi connectivity index (χ1v) is 12.2. The normalized spacial score (nSPS) is 17.0. The summed E-state index contributed by atoms with van der Waals surface area (Å²) in [6, 6.07) is 6.12. The molecule has 0 aliphatic carbocycles. The van der Waals surface area contributed by atoms with Crippen molar-refractivity contribution < 1.29 is 15.5 Å². The SMILES string of the molecule is CCC.Cc1cc(B2OC(C)(C)C(C)(C)O2)ccc1CNC(=O)c1cnc(C(C)(C)C)s1.[HH]. The summed E-state index contributed by atoms with van der Waals surface area (Å²) in [7, 11) is -0.379. The molecule has 7 heteroatoms. The predicted octanol–water partition coefficient (Wildman–Crippen LogP) is 5.64. The van der Waals surface area contributed by atoms with Gasteiger partial charge in [-0.2, -0.15) is 0 Å². The van der Waals surface area contributed by atoms with E-state index in [-0.39, 0.29) is 31.1 Å². The quantitative estimate of drug-likeness (QED) is 0.600. The molecule has 0 spiro atoms. The smallest absolute Gasteiger partial charge is 0.399 e. The molecule has 5 nitrogen and oxygen atoms in total. The van der Waals surface area contributed by atoms with E-state index in [1.807, 2.05) is 46.8 Å². The van der Waals surface area contributed by atoms with E-state index in [1.165, 1.54) is 17.8 Å². The Hall–Kier alpha value is -1.70. The zero-order valence-electron chi connectivity index (χ0n) is 21.4. The average molecular weight is 460 g/mol. The number of nitrogens with one attached hydrogen (secondary N) is 1. The molecule has 32 heavy (non-hydrogen) atoms. The Morgan fingerprint density at radius 1 is 1.16 bits per heavy atom. The number of thiazole rings is 1. The standard InChI is InChI=1S/C22H31BN2O3S.C3H8.H2/c1-14-11-16(23-27-21(5,6)22(7,8)28-23)10-9-15(14)12-24-18(26)17-13-25-19(29-17)20(2,3)4;1-3-2;/h9-11,13H,12H2,1-8H3,(H,24,26);3H2,1-2H3;1H. The van der Waals surface area contributed by atoms with E-state index in [1.54, 1.807) is 6.20 Å². The number of aryl methyl sites for hydroxylation is 1. The molecule has 1 amide bonds. The number of nitrogens with zero attached hydrogens (tertiary/aromatic N) is 1. The van der Waals surface area contributed by atoms with Crippen molar-refractivity contribution >= 4 is 29.8 Å². The predicted molar refractivity (Wildman–Crippen MR) is 137 cm³/mol. The number of carbonyl (C=O) groups excluding carboxylic acids is 1. The highest BCUT2D eigenvalue weighted by Crippen LogP contribution is 2.36. The van der Waals surface area contributed by atoms with E-state index in [4.69, 9.17) is 9.31 Å². The Labute approximate surface area is 200 Å². The second-order valence-corrected chi connectivity index (χ2v) is 11.5. The van der Waals surface area contributed by atoms with Gasteiger partial charge >= 0.3 is 7.12 Å². The van der Waals surface area contributed by atoms with Gasteiger partial charge in [-0.05, 0) is 51.2 Å². The van der Waals surface area contributed by atoms with E-state index in [0.29, 0.717) is 11.4 Å². The number of rotatable bonds is 4. The van der Waals surface area contributed by atoms with Crippen molar-refractivity contribution in [2.24, 2.45) is 0 Å². The maximum Gasteiger partial charge on any atom is 0.494 e. The fraction of sp³-hybridized carbons (Fsp3) is 0.600. The van der Waals surface area contributed by atoms with Gasteiger partial charge in [0.05, 0.1) is 22.4 Å². The van der Waals surface area contributed by atoms with Crippen LogP contribution in [0.4, 0.5) is 0 Å². The maximum atomic E-state index is 12.5. The first-order chi connectivity index (χ1) is 14.7. The lowest BCUT2D eigenvalue weighted by atomic mass is 9.78. The molecule has 1 N–H and O–H groups in total. The highest BCUT2D eigenvalue weighted by Gasteiger charge is 2.51. The van der Waals surface area contributed by atoms with Gasteiger partial charge in [0.25, 0.3) is 5.91 Å². The molecule has 1 aliphatic rings.